The summed E-state index contributed by atoms with van der Waals surface area (Å²) in [4.78, 5) is 22.3. The molecular formula is C22H24FN3O2. The number of fused-ring (bicyclic) bond motifs is 2. The first-order valence-corrected chi connectivity index (χ1v) is 9.97. The molecule has 0 unspecified atom stereocenters. The molecule has 4 saturated heterocycles. The summed E-state index contributed by atoms with van der Waals surface area (Å²) in [7, 11) is 1.54. The van der Waals surface area contributed by atoms with E-state index in [4.69, 9.17) is 4.74 Å². The molecule has 0 N–H and O–H groups in total. The fraction of sp³-hybridized carbons (Fsp3) is 0.455. The molecule has 1 amide bonds. The van der Waals surface area contributed by atoms with Gasteiger partial charge < -0.3 is 9.64 Å². The molecule has 5 heterocycles. The second-order valence-corrected chi connectivity index (χ2v) is 8.03. The number of methoxy groups -OCH3 is 1. The number of amides is 1. The van der Waals surface area contributed by atoms with Gasteiger partial charge in [-0.1, -0.05) is 12.1 Å². The van der Waals surface area contributed by atoms with E-state index in [0.717, 1.165) is 31.5 Å². The van der Waals surface area contributed by atoms with Crippen LogP contribution < -0.4 is 4.74 Å². The molecule has 28 heavy (non-hydrogen) atoms. The lowest BCUT2D eigenvalue weighted by atomic mass is 9.75. The summed E-state index contributed by atoms with van der Waals surface area (Å²) in [5.41, 5.74) is 1.62. The molecule has 4 aliphatic rings. The Morgan fingerprint density at radius 3 is 2.61 bits per heavy atom. The second-order valence-electron chi connectivity index (χ2n) is 8.03. The van der Waals surface area contributed by atoms with Crippen LogP contribution in [0.2, 0.25) is 0 Å². The normalized spacial score (nSPS) is 30.9. The Bertz CT molecular complexity index is 880. The van der Waals surface area contributed by atoms with Crippen molar-refractivity contribution in [1.29, 1.82) is 0 Å². The molecule has 6 rings (SSSR count). The summed E-state index contributed by atoms with van der Waals surface area (Å²) in [6.45, 7) is 2.81. The van der Waals surface area contributed by atoms with Gasteiger partial charge in [-0.15, -0.1) is 0 Å². The van der Waals surface area contributed by atoms with Gasteiger partial charge in [0.2, 0.25) is 5.88 Å². The van der Waals surface area contributed by atoms with E-state index in [9.17, 15) is 9.18 Å². The molecule has 0 aliphatic carbocycles. The van der Waals surface area contributed by atoms with Crippen LogP contribution in [0.25, 0.3) is 0 Å². The molecule has 0 spiro atoms. The fourth-order valence-corrected chi connectivity index (χ4v) is 5.53. The van der Waals surface area contributed by atoms with Crippen LogP contribution in [0.3, 0.4) is 0 Å². The molecule has 0 radical (unpaired) electrons. The van der Waals surface area contributed by atoms with Crippen molar-refractivity contribution in [3.63, 3.8) is 0 Å². The van der Waals surface area contributed by atoms with Crippen molar-refractivity contribution in [2.45, 2.75) is 30.8 Å². The number of benzene rings is 1. The number of piperidine rings is 3. The zero-order valence-electron chi connectivity index (χ0n) is 15.9. The van der Waals surface area contributed by atoms with Crippen molar-refractivity contribution in [2.24, 2.45) is 5.92 Å². The standard InChI is InChI=1S/C22H24FN3O2/c1-28-21-17(3-2-10-24-21)22(27)26-13-18(14-4-6-16(23)7-5-14)20-19(26)15-8-11-25(20)12-9-15/h2-7,10,15,18-20H,8-9,11-13H2,1H3/t18-,19+,20+/m1/s1. The Hall–Kier alpha value is -2.47. The van der Waals surface area contributed by atoms with Gasteiger partial charge >= 0.3 is 0 Å². The van der Waals surface area contributed by atoms with Crippen molar-refractivity contribution in [2.75, 3.05) is 26.7 Å². The van der Waals surface area contributed by atoms with Crippen LogP contribution >= 0.6 is 0 Å². The van der Waals surface area contributed by atoms with E-state index in [1.54, 1.807) is 25.4 Å². The van der Waals surface area contributed by atoms with Gasteiger partial charge in [-0.2, -0.15) is 0 Å². The number of pyridine rings is 1. The van der Waals surface area contributed by atoms with Gasteiger partial charge in [-0.05, 0) is 61.7 Å². The van der Waals surface area contributed by atoms with Crippen LogP contribution in [0.5, 0.6) is 5.88 Å². The first-order valence-electron chi connectivity index (χ1n) is 9.97. The number of nitrogens with zero attached hydrogens (tertiary/aromatic N) is 3. The third-order valence-electron chi connectivity index (χ3n) is 6.75. The van der Waals surface area contributed by atoms with E-state index in [1.807, 2.05) is 17.0 Å². The molecule has 4 fully saturated rings. The maximum Gasteiger partial charge on any atom is 0.259 e. The maximum absolute atomic E-state index is 13.5. The average molecular weight is 381 g/mol. The third kappa shape index (κ3) is 2.70. The van der Waals surface area contributed by atoms with E-state index in [0.29, 0.717) is 29.9 Å². The van der Waals surface area contributed by atoms with E-state index in [-0.39, 0.29) is 23.7 Å². The first-order chi connectivity index (χ1) is 13.7. The Morgan fingerprint density at radius 1 is 1.14 bits per heavy atom. The van der Waals surface area contributed by atoms with Crippen LogP contribution in [-0.4, -0.2) is 59.5 Å². The molecule has 5 nitrogen and oxygen atoms in total. The molecule has 2 bridgehead atoms. The number of hydrogen-bond donors (Lipinski definition) is 0. The second kappa shape index (κ2) is 6.85. The summed E-state index contributed by atoms with van der Waals surface area (Å²) >= 11 is 0. The number of likely N-dealkylation sites (tertiary alicyclic amines) is 1. The van der Waals surface area contributed by atoms with Crippen molar-refractivity contribution in [3.8, 4) is 5.88 Å². The largest absolute Gasteiger partial charge is 0.480 e. The van der Waals surface area contributed by atoms with Gasteiger partial charge in [0.05, 0.1) is 13.2 Å². The highest BCUT2D eigenvalue weighted by Gasteiger charge is 2.54. The van der Waals surface area contributed by atoms with Gasteiger partial charge in [0.1, 0.15) is 11.4 Å². The minimum Gasteiger partial charge on any atom is -0.480 e. The lowest BCUT2D eigenvalue weighted by Crippen LogP contribution is -2.60. The number of hydrogen-bond acceptors (Lipinski definition) is 4. The summed E-state index contributed by atoms with van der Waals surface area (Å²) in [6.07, 6.45) is 3.90. The van der Waals surface area contributed by atoms with Crippen molar-refractivity contribution in [1.82, 2.24) is 14.8 Å². The highest BCUT2D eigenvalue weighted by Crippen LogP contribution is 2.47. The van der Waals surface area contributed by atoms with Gasteiger partial charge in [0, 0.05) is 24.7 Å². The number of halogens is 1. The van der Waals surface area contributed by atoms with Crippen molar-refractivity contribution < 1.29 is 13.9 Å². The molecular weight excluding hydrogens is 357 g/mol. The monoisotopic (exact) mass is 381 g/mol. The number of aromatic nitrogens is 1. The average Bonchev–Trinajstić information content (AvgIpc) is 3.17. The SMILES string of the molecule is COc1ncccc1C(=O)N1C[C@H](c2ccc(F)cc2)[C@H]2[C@@H]1C1CCN2CC1. The van der Waals surface area contributed by atoms with Crippen molar-refractivity contribution >= 4 is 5.91 Å². The molecule has 1 aromatic carbocycles. The number of ether oxygens (including phenoxy) is 1. The minimum absolute atomic E-state index is 0.0155. The molecule has 1 aromatic heterocycles. The smallest absolute Gasteiger partial charge is 0.259 e. The van der Waals surface area contributed by atoms with E-state index in [2.05, 4.69) is 9.88 Å². The van der Waals surface area contributed by atoms with Crippen LogP contribution in [0, 0.1) is 11.7 Å². The van der Waals surface area contributed by atoms with E-state index >= 15 is 0 Å². The third-order valence-corrected chi connectivity index (χ3v) is 6.75. The van der Waals surface area contributed by atoms with Crippen molar-refractivity contribution in [3.05, 3.63) is 59.5 Å². The lowest BCUT2D eigenvalue weighted by Gasteiger charge is -2.51. The van der Waals surface area contributed by atoms with Gasteiger partial charge in [0.25, 0.3) is 5.91 Å². The number of rotatable bonds is 3. The van der Waals surface area contributed by atoms with E-state index < -0.39 is 0 Å². The van der Waals surface area contributed by atoms with Gasteiger partial charge in [-0.25, -0.2) is 9.37 Å². The Balaban J connectivity index is 1.53. The Labute approximate surface area is 164 Å². The summed E-state index contributed by atoms with van der Waals surface area (Å²) in [5.74, 6) is 0.845. The molecule has 146 valence electrons. The zero-order valence-corrected chi connectivity index (χ0v) is 15.9. The highest BCUT2D eigenvalue weighted by atomic mass is 19.1. The molecule has 0 saturated carbocycles. The van der Waals surface area contributed by atoms with Crippen LogP contribution in [0.15, 0.2) is 42.6 Å². The van der Waals surface area contributed by atoms with Gasteiger partial charge in [0.15, 0.2) is 0 Å². The molecule has 6 heteroatoms. The summed E-state index contributed by atoms with van der Waals surface area (Å²) < 4.78 is 18.8. The zero-order chi connectivity index (χ0) is 19.3. The molecule has 4 aliphatic heterocycles. The number of carbonyl (C=O) groups excluding carboxylic acids is 1. The van der Waals surface area contributed by atoms with Gasteiger partial charge in [-0.3, -0.25) is 9.69 Å². The topological polar surface area (TPSA) is 45.7 Å². The fourth-order valence-electron chi connectivity index (χ4n) is 5.53. The lowest BCUT2D eigenvalue weighted by molar-refractivity contribution is -0.00351. The van der Waals surface area contributed by atoms with Crippen LogP contribution in [0.4, 0.5) is 4.39 Å². The Kier molecular flexibility index (Phi) is 4.31. The molecule has 2 aromatic rings. The summed E-state index contributed by atoms with van der Waals surface area (Å²) in [5, 5.41) is 0. The summed E-state index contributed by atoms with van der Waals surface area (Å²) in [6, 6.07) is 10.8. The van der Waals surface area contributed by atoms with Crippen LogP contribution in [0.1, 0.15) is 34.7 Å². The quantitative estimate of drug-likeness (QED) is 0.820. The maximum atomic E-state index is 13.5. The first kappa shape index (κ1) is 17.6. The highest BCUT2D eigenvalue weighted by molar-refractivity contribution is 5.97. The predicted octanol–water partition coefficient (Wildman–Crippen LogP) is 2.93. The Morgan fingerprint density at radius 2 is 1.89 bits per heavy atom. The molecule has 3 atom stereocenters. The number of carbonyl (C=O) groups is 1. The predicted molar refractivity (Wildman–Crippen MR) is 103 cm³/mol. The van der Waals surface area contributed by atoms with E-state index in [1.165, 1.54) is 12.1 Å². The minimum atomic E-state index is -0.225. The van der Waals surface area contributed by atoms with Crippen LogP contribution in [-0.2, 0) is 0 Å².